The number of nitrogens with one attached hydrogen (secondary N) is 1. The van der Waals surface area contributed by atoms with Crippen LogP contribution >= 0.6 is 22.6 Å². The highest BCUT2D eigenvalue weighted by Crippen LogP contribution is 2.44. The van der Waals surface area contributed by atoms with Crippen LogP contribution in [0.5, 0.6) is 0 Å². The van der Waals surface area contributed by atoms with E-state index < -0.39 is 18.0 Å². The molecule has 4 rings (SSSR count). The van der Waals surface area contributed by atoms with Gasteiger partial charge in [-0.25, -0.2) is 9.18 Å². The zero-order chi connectivity index (χ0) is 17.0. The Morgan fingerprint density at radius 1 is 1.25 bits per heavy atom. The fourth-order valence-corrected chi connectivity index (χ4v) is 3.93. The Labute approximate surface area is 151 Å². The maximum Gasteiger partial charge on any atom is 0.337 e. The highest BCUT2D eigenvalue weighted by molar-refractivity contribution is 14.1. The molecule has 0 radical (unpaired) electrons. The zero-order valence-electron chi connectivity index (χ0n) is 12.7. The van der Waals surface area contributed by atoms with Gasteiger partial charge in [0.2, 0.25) is 0 Å². The number of esters is 1. The van der Waals surface area contributed by atoms with E-state index in [1.807, 2.05) is 22.6 Å². The van der Waals surface area contributed by atoms with Crippen LogP contribution in [0, 0.1) is 9.39 Å². The molecule has 0 saturated carbocycles. The van der Waals surface area contributed by atoms with Crippen molar-refractivity contribution in [1.82, 2.24) is 5.32 Å². The van der Waals surface area contributed by atoms with Crippen molar-refractivity contribution in [2.45, 2.75) is 18.9 Å². The largest absolute Gasteiger partial charge is 0.453 e. The average molecular weight is 439 g/mol. The van der Waals surface area contributed by atoms with Crippen LogP contribution in [0.3, 0.4) is 0 Å². The number of Topliss-reactive ketones (excluding diaryl/α,β-unsaturated/α-hetero) is 1. The number of benzene rings is 1. The average Bonchev–Trinajstić information content (AvgIpc) is 2.83. The second-order valence-electron chi connectivity index (χ2n) is 5.91. The summed E-state index contributed by atoms with van der Waals surface area (Å²) < 4.78 is 24.7. The molecule has 0 saturated heterocycles. The van der Waals surface area contributed by atoms with E-state index in [0.717, 1.165) is 0 Å². The van der Waals surface area contributed by atoms with Gasteiger partial charge in [0.1, 0.15) is 18.5 Å². The molecule has 0 amide bonds. The van der Waals surface area contributed by atoms with Crippen molar-refractivity contribution in [3.05, 3.63) is 55.7 Å². The van der Waals surface area contributed by atoms with E-state index in [1.54, 1.807) is 19.1 Å². The van der Waals surface area contributed by atoms with Crippen LogP contribution in [-0.2, 0) is 19.1 Å². The van der Waals surface area contributed by atoms with E-state index in [-0.39, 0.29) is 24.8 Å². The molecule has 24 heavy (non-hydrogen) atoms. The molecular formula is C17H13FINO4. The van der Waals surface area contributed by atoms with Gasteiger partial charge >= 0.3 is 5.97 Å². The Kier molecular flexibility index (Phi) is 3.72. The summed E-state index contributed by atoms with van der Waals surface area (Å²) in [5.74, 6) is -1.51. The molecule has 124 valence electrons. The minimum atomic E-state index is -0.556. The Hall–Kier alpha value is -1.74. The molecule has 1 aromatic rings. The number of ketones is 1. The number of rotatable bonds is 1. The minimum absolute atomic E-state index is 0.0253. The Balaban J connectivity index is 1.93. The summed E-state index contributed by atoms with van der Waals surface area (Å²) in [6, 6.07) is 4.63. The smallest absolute Gasteiger partial charge is 0.337 e. The van der Waals surface area contributed by atoms with Crippen molar-refractivity contribution in [2.24, 2.45) is 0 Å². The van der Waals surface area contributed by atoms with Crippen molar-refractivity contribution in [1.29, 1.82) is 0 Å². The molecule has 0 aliphatic carbocycles. The topological polar surface area (TPSA) is 64.6 Å². The first-order valence-corrected chi connectivity index (χ1v) is 8.56. The lowest BCUT2D eigenvalue weighted by Crippen LogP contribution is -2.37. The maximum atomic E-state index is 13.7. The van der Waals surface area contributed by atoms with E-state index in [4.69, 9.17) is 9.47 Å². The number of hydrogen-bond donors (Lipinski definition) is 1. The summed E-state index contributed by atoms with van der Waals surface area (Å²) in [5, 5.41) is 3.15. The Morgan fingerprint density at radius 3 is 2.79 bits per heavy atom. The van der Waals surface area contributed by atoms with Crippen LogP contribution < -0.4 is 5.32 Å². The summed E-state index contributed by atoms with van der Waals surface area (Å²) in [5.41, 5.74) is 2.94. The van der Waals surface area contributed by atoms with Gasteiger partial charge in [-0.2, -0.15) is 0 Å². The molecule has 1 N–H and O–H groups in total. The second-order valence-corrected chi connectivity index (χ2v) is 7.08. The summed E-state index contributed by atoms with van der Waals surface area (Å²) in [7, 11) is 0. The van der Waals surface area contributed by atoms with Gasteiger partial charge in [0, 0.05) is 20.8 Å². The normalized spacial score (nSPS) is 26.1. The van der Waals surface area contributed by atoms with E-state index in [9.17, 15) is 14.0 Å². The standard InChI is InChI=1S/C17H13FINO4/c1-7-16-15(17(22)24-7)13(8-2-3-9(18)10(19)4-8)14-11(20-16)5-23-6-12(14)21/h2-4,7,13,20H,5-6H2,1H3/t7-,13+/m1/s1/i19-2. The zero-order valence-corrected chi connectivity index (χ0v) is 14.8. The van der Waals surface area contributed by atoms with Crippen molar-refractivity contribution in [3.8, 4) is 0 Å². The van der Waals surface area contributed by atoms with E-state index in [1.165, 1.54) is 6.07 Å². The molecule has 3 aliphatic rings. The van der Waals surface area contributed by atoms with E-state index in [0.29, 0.717) is 31.7 Å². The number of cyclic esters (lactones) is 1. The van der Waals surface area contributed by atoms with Gasteiger partial charge < -0.3 is 14.8 Å². The lowest BCUT2D eigenvalue weighted by molar-refractivity contribution is -0.139. The van der Waals surface area contributed by atoms with Gasteiger partial charge in [0.15, 0.2) is 5.78 Å². The molecular weight excluding hydrogens is 426 g/mol. The van der Waals surface area contributed by atoms with Crippen molar-refractivity contribution in [2.75, 3.05) is 13.2 Å². The van der Waals surface area contributed by atoms with Gasteiger partial charge in [-0.3, -0.25) is 4.79 Å². The molecule has 0 unspecified atom stereocenters. The van der Waals surface area contributed by atoms with E-state index >= 15 is 0 Å². The fourth-order valence-electron chi connectivity index (χ4n) is 3.39. The molecule has 5 nitrogen and oxygen atoms in total. The molecule has 0 bridgehead atoms. The summed E-state index contributed by atoms with van der Waals surface area (Å²) >= 11 is 1.90. The third-order valence-electron chi connectivity index (χ3n) is 4.45. The molecule has 2 atom stereocenters. The highest BCUT2D eigenvalue weighted by atomic mass is 125. The maximum absolute atomic E-state index is 13.7. The van der Waals surface area contributed by atoms with Crippen LogP contribution in [0.25, 0.3) is 0 Å². The third kappa shape index (κ3) is 2.29. The first-order valence-electron chi connectivity index (χ1n) is 7.48. The SMILES string of the molecule is C[C@H]1OC(=O)C2=C1NC1=C(C(=O)COC1)[C@@H]2c1ccc(F)c([125I])c1. The molecule has 0 fully saturated rings. The number of hydrogen-bond acceptors (Lipinski definition) is 5. The quantitative estimate of drug-likeness (QED) is 0.537. The van der Waals surface area contributed by atoms with Gasteiger partial charge in [-0.1, -0.05) is 6.07 Å². The Morgan fingerprint density at radius 2 is 2.04 bits per heavy atom. The first kappa shape index (κ1) is 15.8. The van der Waals surface area contributed by atoms with Crippen LogP contribution in [0.15, 0.2) is 40.7 Å². The summed E-state index contributed by atoms with van der Waals surface area (Å²) in [4.78, 5) is 24.8. The van der Waals surface area contributed by atoms with Crippen molar-refractivity contribution < 1.29 is 23.5 Å². The van der Waals surface area contributed by atoms with Gasteiger partial charge in [0.25, 0.3) is 0 Å². The van der Waals surface area contributed by atoms with Crippen molar-refractivity contribution >= 4 is 34.3 Å². The van der Waals surface area contributed by atoms with Crippen LogP contribution in [0.1, 0.15) is 18.4 Å². The van der Waals surface area contributed by atoms with Crippen LogP contribution in [0.4, 0.5) is 4.39 Å². The predicted octanol–water partition coefficient (Wildman–Crippen LogP) is 2.17. The van der Waals surface area contributed by atoms with Gasteiger partial charge in [-0.05, 0) is 47.2 Å². The number of ether oxygens (including phenoxy) is 2. The Bertz CT molecular complexity index is 843. The number of dihydropyridines is 1. The summed E-state index contributed by atoms with van der Waals surface area (Å²) in [6.07, 6.45) is -0.416. The number of carbonyl (C=O) groups is 2. The monoisotopic (exact) mass is 439 g/mol. The molecule has 7 heteroatoms. The summed E-state index contributed by atoms with van der Waals surface area (Å²) in [6.45, 7) is 2.02. The first-order chi connectivity index (χ1) is 11.5. The number of halogens is 2. The highest BCUT2D eigenvalue weighted by Gasteiger charge is 2.45. The molecule has 0 aromatic heterocycles. The third-order valence-corrected chi connectivity index (χ3v) is 5.27. The van der Waals surface area contributed by atoms with Gasteiger partial charge in [0.05, 0.1) is 17.9 Å². The fraction of sp³-hybridized carbons (Fsp3) is 0.294. The van der Waals surface area contributed by atoms with Gasteiger partial charge in [-0.15, -0.1) is 0 Å². The number of carbonyl (C=O) groups excluding carboxylic acids is 2. The molecule has 0 spiro atoms. The molecule has 3 heterocycles. The molecule has 1 aromatic carbocycles. The second kappa shape index (κ2) is 5.66. The lowest BCUT2D eigenvalue weighted by Gasteiger charge is -2.32. The lowest BCUT2D eigenvalue weighted by atomic mass is 9.78. The van der Waals surface area contributed by atoms with Crippen LogP contribution in [0.2, 0.25) is 0 Å². The molecule has 3 aliphatic heterocycles. The van der Waals surface area contributed by atoms with Crippen LogP contribution in [-0.4, -0.2) is 31.1 Å². The van der Waals surface area contributed by atoms with Crippen molar-refractivity contribution in [3.63, 3.8) is 0 Å². The minimum Gasteiger partial charge on any atom is -0.453 e. The predicted molar refractivity (Wildman–Crippen MR) is 90.4 cm³/mol. The van der Waals surface area contributed by atoms with E-state index in [2.05, 4.69) is 5.32 Å².